The third kappa shape index (κ3) is 3.44. The second-order valence-electron chi connectivity index (χ2n) is 4.16. The van der Waals surface area contributed by atoms with Crippen molar-refractivity contribution in [2.45, 2.75) is 19.4 Å². The number of hydrogen-bond donors (Lipinski definition) is 0. The quantitative estimate of drug-likeness (QED) is 0.690. The van der Waals surface area contributed by atoms with Crippen LogP contribution in [0, 0.1) is 0 Å². The molecule has 0 aromatic heterocycles. The zero-order valence-corrected chi connectivity index (χ0v) is 11.1. The molecule has 2 heteroatoms. The van der Waals surface area contributed by atoms with Crippen molar-refractivity contribution in [1.29, 1.82) is 0 Å². The Balaban J connectivity index is 2.13. The summed E-state index contributed by atoms with van der Waals surface area (Å²) in [5.41, 5.74) is 2.33. The predicted octanol–water partition coefficient (Wildman–Crippen LogP) is 4.91. The lowest BCUT2D eigenvalue weighted by Crippen LogP contribution is -1.94. The van der Waals surface area contributed by atoms with Crippen LogP contribution in [0.5, 0.6) is 0 Å². The van der Waals surface area contributed by atoms with Gasteiger partial charge in [0.25, 0.3) is 0 Å². The second-order valence-corrected chi connectivity index (χ2v) is 4.60. The van der Waals surface area contributed by atoms with E-state index in [9.17, 15) is 0 Å². The molecule has 0 aliphatic heterocycles. The van der Waals surface area contributed by atoms with Crippen LogP contribution in [0.2, 0.25) is 5.02 Å². The van der Waals surface area contributed by atoms with Gasteiger partial charge in [-0.2, -0.15) is 0 Å². The number of rotatable bonds is 4. The van der Waals surface area contributed by atoms with Crippen LogP contribution < -0.4 is 0 Å². The molecule has 92 valence electrons. The molecule has 1 nitrogen and oxygen atoms in total. The third-order valence-corrected chi connectivity index (χ3v) is 3.10. The molecule has 2 aromatic rings. The van der Waals surface area contributed by atoms with Gasteiger partial charge in [0.2, 0.25) is 0 Å². The van der Waals surface area contributed by atoms with Crippen LogP contribution in [0.3, 0.4) is 0 Å². The lowest BCUT2D eigenvalue weighted by molar-refractivity contribution is 0.704. The fraction of sp³-hybridized carbons (Fsp3) is 0.188. The first-order valence-electron chi connectivity index (χ1n) is 6.13. The number of nitrogens with zero attached hydrogens (tertiary/aromatic N) is 1. The van der Waals surface area contributed by atoms with Gasteiger partial charge >= 0.3 is 0 Å². The molecule has 1 atom stereocenters. The summed E-state index contributed by atoms with van der Waals surface area (Å²) in [5.74, 6) is 0. The molecule has 0 aliphatic carbocycles. The van der Waals surface area contributed by atoms with Crippen LogP contribution in [0.15, 0.2) is 59.6 Å². The van der Waals surface area contributed by atoms with E-state index in [1.807, 2.05) is 36.5 Å². The zero-order valence-electron chi connectivity index (χ0n) is 10.4. The number of aliphatic imine (C=N–C) groups is 1. The largest absolute Gasteiger partial charge is 0.284 e. The van der Waals surface area contributed by atoms with Gasteiger partial charge in [0.1, 0.15) is 0 Å². The van der Waals surface area contributed by atoms with Crippen molar-refractivity contribution in [3.63, 3.8) is 0 Å². The van der Waals surface area contributed by atoms with E-state index >= 15 is 0 Å². The number of benzene rings is 2. The molecule has 0 fully saturated rings. The lowest BCUT2D eigenvalue weighted by Gasteiger charge is -2.09. The highest BCUT2D eigenvalue weighted by Crippen LogP contribution is 2.20. The van der Waals surface area contributed by atoms with Gasteiger partial charge in [-0.3, -0.25) is 4.99 Å². The predicted molar refractivity (Wildman–Crippen MR) is 78.5 cm³/mol. The fourth-order valence-corrected chi connectivity index (χ4v) is 1.95. The molecule has 0 spiro atoms. The van der Waals surface area contributed by atoms with E-state index in [0.29, 0.717) is 0 Å². The average Bonchev–Trinajstić information content (AvgIpc) is 2.43. The van der Waals surface area contributed by atoms with Crippen molar-refractivity contribution >= 4 is 17.8 Å². The molecule has 0 unspecified atom stereocenters. The van der Waals surface area contributed by atoms with Gasteiger partial charge in [-0.05, 0) is 29.7 Å². The van der Waals surface area contributed by atoms with Crippen LogP contribution in [0.1, 0.15) is 30.5 Å². The molecule has 2 aromatic carbocycles. The van der Waals surface area contributed by atoms with Gasteiger partial charge < -0.3 is 0 Å². The smallest absolute Gasteiger partial charge is 0.0746 e. The summed E-state index contributed by atoms with van der Waals surface area (Å²) in [6.07, 6.45) is 2.91. The summed E-state index contributed by atoms with van der Waals surface area (Å²) in [4.78, 5) is 4.64. The highest BCUT2D eigenvalue weighted by molar-refractivity contribution is 6.30. The van der Waals surface area contributed by atoms with Crippen LogP contribution in [-0.4, -0.2) is 6.21 Å². The Kier molecular flexibility index (Phi) is 4.54. The minimum atomic E-state index is 0.224. The monoisotopic (exact) mass is 257 g/mol. The second kappa shape index (κ2) is 6.36. The average molecular weight is 258 g/mol. The minimum Gasteiger partial charge on any atom is -0.284 e. The van der Waals surface area contributed by atoms with Crippen molar-refractivity contribution in [3.8, 4) is 0 Å². The molecule has 0 amide bonds. The van der Waals surface area contributed by atoms with Gasteiger partial charge in [0, 0.05) is 11.2 Å². The molecule has 0 N–H and O–H groups in total. The summed E-state index contributed by atoms with van der Waals surface area (Å²) in [5, 5.41) is 0.752. The Labute approximate surface area is 113 Å². The van der Waals surface area contributed by atoms with Crippen molar-refractivity contribution in [1.82, 2.24) is 0 Å². The van der Waals surface area contributed by atoms with E-state index in [0.717, 1.165) is 17.0 Å². The van der Waals surface area contributed by atoms with E-state index in [-0.39, 0.29) is 6.04 Å². The SMILES string of the molecule is CC[C@@H](N=Cc1ccc(Cl)cc1)c1ccccc1. The normalized spacial score (nSPS) is 12.8. The third-order valence-electron chi connectivity index (χ3n) is 2.84. The summed E-state index contributed by atoms with van der Waals surface area (Å²) < 4.78 is 0. The van der Waals surface area contributed by atoms with Crippen LogP contribution in [0.4, 0.5) is 0 Å². The standard InChI is InChI=1S/C16H16ClN/c1-2-16(14-6-4-3-5-7-14)18-12-13-8-10-15(17)11-9-13/h3-12,16H,2H2,1H3/t16-/m1/s1. The summed E-state index contributed by atoms with van der Waals surface area (Å²) in [6, 6.07) is 18.3. The molecule has 18 heavy (non-hydrogen) atoms. The van der Waals surface area contributed by atoms with Crippen LogP contribution >= 0.6 is 11.6 Å². The van der Waals surface area contributed by atoms with Gasteiger partial charge in [0.05, 0.1) is 6.04 Å². The maximum absolute atomic E-state index is 5.85. The molecule has 0 saturated carbocycles. The molecule has 2 rings (SSSR count). The van der Waals surface area contributed by atoms with E-state index in [1.54, 1.807) is 0 Å². The Morgan fingerprint density at radius 3 is 2.33 bits per heavy atom. The lowest BCUT2D eigenvalue weighted by atomic mass is 10.1. The van der Waals surface area contributed by atoms with Gasteiger partial charge in [0.15, 0.2) is 0 Å². The Morgan fingerprint density at radius 2 is 1.72 bits per heavy atom. The molecular weight excluding hydrogens is 242 g/mol. The van der Waals surface area contributed by atoms with Gasteiger partial charge in [-0.25, -0.2) is 0 Å². The van der Waals surface area contributed by atoms with Crippen molar-refractivity contribution in [2.24, 2.45) is 4.99 Å². The van der Waals surface area contributed by atoms with Crippen molar-refractivity contribution in [2.75, 3.05) is 0 Å². The highest BCUT2D eigenvalue weighted by Gasteiger charge is 2.04. The van der Waals surface area contributed by atoms with Crippen LogP contribution in [-0.2, 0) is 0 Å². The Hall–Kier alpha value is -1.60. The summed E-state index contributed by atoms with van der Waals surface area (Å²) in [6.45, 7) is 2.15. The van der Waals surface area contributed by atoms with E-state index in [2.05, 4.69) is 36.2 Å². The zero-order chi connectivity index (χ0) is 12.8. The Morgan fingerprint density at radius 1 is 1.06 bits per heavy atom. The first-order valence-corrected chi connectivity index (χ1v) is 6.51. The molecule has 0 radical (unpaired) electrons. The number of hydrogen-bond acceptors (Lipinski definition) is 1. The van der Waals surface area contributed by atoms with E-state index < -0.39 is 0 Å². The number of halogens is 1. The maximum Gasteiger partial charge on any atom is 0.0746 e. The molecule has 0 aliphatic rings. The highest BCUT2D eigenvalue weighted by atomic mass is 35.5. The van der Waals surface area contributed by atoms with Gasteiger partial charge in [-0.15, -0.1) is 0 Å². The first kappa shape index (κ1) is 12.8. The van der Waals surface area contributed by atoms with Crippen molar-refractivity contribution in [3.05, 3.63) is 70.7 Å². The summed E-state index contributed by atoms with van der Waals surface area (Å²) in [7, 11) is 0. The van der Waals surface area contributed by atoms with E-state index in [4.69, 9.17) is 11.6 Å². The molecule has 0 saturated heterocycles. The molecule has 0 bridgehead atoms. The maximum atomic E-state index is 5.85. The first-order chi connectivity index (χ1) is 8.79. The van der Waals surface area contributed by atoms with Crippen molar-refractivity contribution < 1.29 is 0 Å². The Bertz CT molecular complexity index is 502. The summed E-state index contributed by atoms with van der Waals surface area (Å²) >= 11 is 5.85. The molecule has 0 heterocycles. The van der Waals surface area contributed by atoms with Gasteiger partial charge in [-0.1, -0.05) is 61.0 Å². The van der Waals surface area contributed by atoms with Crippen LogP contribution in [0.25, 0.3) is 0 Å². The fourth-order valence-electron chi connectivity index (χ4n) is 1.83. The minimum absolute atomic E-state index is 0.224. The van der Waals surface area contributed by atoms with E-state index in [1.165, 1.54) is 5.56 Å². The molecular formula is C16H16ClN. The topological polar surface area (TPSA) is 12.4 Å².